The van der Waals surface area contributed by atoms with Crippen LogP contribution in [0.15, 0.2) is 6.20 Å². The van der Waals surface area contributed by atoms with Crippen molar-refractivity contribution in [3.63, 3.8) is 0 Å². The second kappa shape index (κ2) is 3.98. The lowest BCUT2D eigenvalue weighted by molar-refractivity contribution is 0.312. The van der Waals surface area contributed by atoms with E-state index in [0.717, 1.165) is 31.9 Å². The summed E-state index contributed by atoms with van der Waals surface area (Å²) in [5.41, 5.74) is 7.82. The van der Waals surface area contributed by atoms with Crippen molar-refractivity contribution in [3.05, 3.63) is 11.9 Å². The van der Waals surface area contributed by atoms with Gasteiger partial charge in [-0.3, -0.25) is 5.10 Å². The minimum atomic E-state index is 0.529. The van der Waals surface area contributed by atoms with E-state index in [9.17, 15) is 0 Å². The van der Waals surface area contributed by atoms with Gasteiger partial charge in [0.25, 0.3) is 0 Å². The van der Waals surface area contributed by atoms with E-state index < -0.39 is 0 Å². The first kappa shape index (κ1) is 9.48. The largest absolute Gasteiger partial charge is 0.366 e. The number of anilines is 1. The molecule has 1 saturated heterocycles. The summed E-state index contributed by atoms with van der Waals surface area (Å²) in [6.07, 6.45) is 1.87. The van der Waals surface area contributed by atoms with Crippen LogP contribution < -0.4 is 10.6 Å². The van der Waals surface area contributed by atoms with Crippen LogP contribution in [0.2, 0.25) is 0 Å². The Balaban J connectivity index is 2.08. The number of hydrogen-bond donors (Lipinski definition) is 2. The van der Waals surface area contributed by atoms with Crippen molar-refractivity contribution in [3.8, 4) is 0 Å². The van der Waals surface area contributed by atoms with Gasteiger partial charge >= 0.3 is 0 Å². The van der Waals surface area contributed by atoms with Crippen molar-refractivity contribution < 1.29 is 0 Å². The average Bonchev–Trinajstić information content (AvgIpc) is 2.67. The Morgan fingerprint density at radius 2 is 2.14 bits per heavy atom. The molecule has 0 aromatic carbocycles. The minimum absolute atomic E-state index is 0.529. The van der Waals surface area contributed by atoms with Gasteiger partial charge in [0.05, 0.1) is 17.6 Å². The fourth-order valence-corrected chi connectivity index (χ4v) is 1.78. The molecule has 0 saturated carbocycles. The molecule has 2 rings (SSSR count). The van der Waals surface area contributed by atoms with Crippen molar-refractivity contribution >= 4 is 5.69 Å². The quantitative estimate of drug-likeness (QED) is 0.675. The zero-order valence-electron chi connectivity index (χ0n) is 8.53. The Morgan fingerprint density at radius 3 is 2.79 bits per heavy atom. The summed E-state index contributed by atoms with van der Waals surface area (Å²) in [5, 5.41) is 6.96. The predicted molar refractivity (Wildman–Crippen MR) is 56.2 cm³/mol. The maximum absolute atomic E-state index is 5.62. The second-order valence-electron chi connectivity index (χ2n) is 3.73. The Kier molecular flexibility index (Phi) is 2.69. The molecule has 14 heavy (non-hydrogen) atoms. The summed E-state index contributed by atoms with van der Waals surface area (Å²) >= 11 is 0. The van der Waals surface area contributed by atoms with Gasteiger partial charge in [0, 0.05) is 32.7 Å². The van der Waals surface area contributed by atoms with E-state index in [0.29, 0.717) is 6.54 Å². The number of nitrogens with zero attached hydrogens (tertiary/aromatic N) is 3. The number of nitrogens with two attached hydrogens (primary N) is 1. The number of aromatic nitrogens is 2. The molecule has 5 heteroatoms. The Hall–Kier alpha value is -1.07. The lowest BCUT2D eigenvalue weighted by Crippen LogP contribution is -2.44. The van der Waals surface area contributed by atoms with Crippen LogP contribution in [0.25, 0.3) is 0 Å². The van der Waals surface area contributed by atoms with Crippen molar-refractivity contribution in [2.24, 2.45) is 5.73 Å². The number of H-pyrrole nitrogens is 1. The van der Waals surface area contributed by atoms with Crippen molar-refractivity contribution in [1.29, 1.82) is 0 Å². The van der Waals surface area contributed by atoms with Gasteiger partial charge in [-0.2, -0.15) is 5.10 Å². The first-order valence-corrected chi connectivity index (χ1v) is 4.97. The molecular formula is C9H17N5. The van der Waals surface area contributed by atoms with E-state index in [1.807, 2.05) is 6.20 Å². The van der Waals surface area contributed by atoms with E-state index in [-0.39, 0.29) is 0 Å². The number of nitrogens with one attached hydrogen (secondary N) is 1. The molecule has 0 amide bonds. The predicted octanol–water partition coefficient (Wildman–Crippen LogP) is -0.380. The molecule has 1 aliphatic heterocycles. The molecular weight excluding hydrogens is 178 g/mol. The lowest BCUT2D eigenvalue weighted by Gasteiger charge is -2.33. The Bertz CT molecular complexity index is 287. The third kappa shape index (κ3) is 1.73. The number of piperazine rings is 1. The van der Waals surface area contributed by atoms with Crippen molar-refractivity contribution in [2.45, 2.75) is 6.54 Å². The Labute approximate surface area is 83.9 Å². The zero-order chi connectivity index (χ0) is 9.97. The summed E-state index contributed by atoms with van der Waals surface area (Å²) in [7, 11) is 2.15. The first-order chi connectivity index (χ1) is 6.81. The monoisotopic (exact) mass is 195 g/mol. The molecule has 2 heterocycles. The highest BCUT2D eigenvalue weighted by Gasteiger charge is 2.17. The number of likely N-dealkylation sites (N-methyl/N-ethyl adjacent to an activating group) is 1. The zero-order valence-corrected chi connectivity index (χ0v) is 8.53. The molecule has 0 unspecified atom stereocenters. The normalized spacial score (nSPS) is 18.9. The van der Waals surface area contributed by atoms with Gasteiger partial charge in [0.15, 0.2) is 0 Å². The summed E-state index contributed by atoms with van der Waals surface area (Å²) < 4.78 is 0. The molecule has 0 atom stereocenters. The van der Waals surface area contributed by atoms with E-state index in [1.54, 1.807) is 0 Å². The molecule has 1 fully saturated rings. The van der Waals surface area contributed by atoms with E-state index in [4.69, 9.17) is 5.73 Å². The molecule has 5 nitrogen and oxygen atoms in total. The molecule has 1 aliphatic rings. The van der Waals surface area contributed by atoms with E-state index in [2.05, 4.69) is 27.0 Å². The van der Waals surface area contributed by atoms with E-state index in [1.165, 1.54) is 5.69 Å². The summed E-state index contributed by atoms with van der Waals surface area (Å²) in [5.74, 6) is 0. The van der Waals surface area contributed by atoms with Gasteiger partial charge in [-0.05, 0) is 7.05 Å². The standard InChI is InChI=1S/C9H17N5/c1-13-2-4-14(5-3-13)9-7-11-12-8(9)6-10/h7H,2-6,10H2,1H3,(H,11,12). The molecule has 0 bridgehead atoms. The smallest absolute Gasteiger partial charge is 0.0796 e. The average molecular weight is 195 g/mol. The van der Waals surface area contributed by atoms with Gasteiger partial charge in [-0.25, -0.2) is 0 Å². The highest BCUT2D eigenvalue weighted by Crippen LogP contribution is 2.18. The third-order valence-corrected chi connectivity index (χ3v) is 2.74. The summed E-state index contributed by atoms with van der Waals surface area (Å²) in [6.45, 7) is 4.86. The van der Waals surface area contributed by atoms with Crippen molar-refractivity contribution in [1.82, 2.24) is 15.1 Å². The Morgan fingerprint density at radius 1 is 1.43 bits per heavy atom. The topological polar surface area (TPSA) is 61.2 Å². The maximum atomic E-state index is 5.62. The van der Waals surface area contributed by atoms with Crippen LogP contribution in [-0.2, 0) is 6.54 Å². The SMILES string of the molecule is CN1CCN(c2cn[nH]c2CN)CC1. The molecule has 1 aromatic rings. The van der Waals surface area contributed by atoms with Crippen LogP contribution in [0.5, 0.6) is 0 Å². The lowest BCUT2D eigenvalue weighted by atomic mass is 10.2. The molecule has 0 spiro atoms. The van der Waals surface area contributed by atoms with Crippen LogP contribution in [0, 0.1) is 0 Å². The summed E-state index contributed by atoms with van der Waals surface area (Å²) in [4.78, 5) is 4.67. The van der Waals surface area contributed by atoms with Gasteiger partial charge in [0.2, 0.25) is 0 Å². The van der Waals surface area contributed by atoms with Crippen LogP contribution >= 0.6 is 0 Å². The molecule has 78 valence electrons. The highest BCUT2D eigenvalue weighted by atomic mass is 15.3. The van der Waals surface area contributed by atoms with E-state index >= 15 is 0 Å². The minimum Gasteiger partial charge on any atom is -0.366 e. The molecule has 0 aliphatic carbocycles. The van der Waals surface area contributed by atoms with Crippen LogP contribution in [0.1, 0.15) is 5.69 Å². The molecule has 3 N–H and O–H groups in total. The fraction of sp³-hybridized carbons (Fsp3) is 0.667. The molecule has 0 radical (unpaired) electrons. The van der Waals surface area contributed by atoms with Crippen LogP contribution in [0.4, 0.5) is 5.69 Å². The maximum Gasteiger partial charge on any atom is 0.0796 e. The van der Waals surface area contributed by atoms with Crippen LogP contribution in [-0.4, -0.2) is 48.3 Å². The van der Waals surface area contributed by atoms with Gasteiger partial charge in [-0.15, -0.1) is 0 Å². The summed E-state index contributed by atoms with van der Waals surface area (Å²) in [6, 6.07) is 0. The second-order valence-corrected chi connectivity index (χ2v) is 3.73. The third-order valence-electron chi connectivity index (χ3n) is 2.74. The van der Waals surface area contributed by atoms with Gasteiger partial charge in [-0.1, -0.05) is 0 Å². The van der Waals surface area contributed by atoms with Crippen molar-refractivity contribution in [2.75, 3.05) is 38.1 Å². The highest BCUT2D eigenvalue weighted by molar-refractivity contribution is 5.49. The first-order valence-electron chi connectivity index (χ1n) is 4.97. The number of rotatable bonds is 2. The van der Waals surface area contributed by atoms with Gasteiger partial charge < -0.3 is 15.5 Å². The molecule has 1 aromatic heterocycles. The number of hydrogen-bond acceptors (Lipinski definition) is 4. The van der Waals surface area contributed by atoms with Gasteiger partial charge in [0.1, 0.15) is 0 Å². The van der Waals surface area contributed by atoms with Crippen LogP contribution in [0.3, 0.4) is 0 Å². The fourth-order valence-electron chi connectivity index (χ4n) is 1.78. The number of aromatic amines is 1.